The lowest BCUT2D eigenvalue weighted by Gasteiger charge is -2.30. The Hall–Kier alpha value is -2.71. The van der Waals surface area contributed by atoms with Crippen LogP contribution in [-0.4, -0.2) is 19.5 Å². The minimum absolute atomic E-state index is 0.0224. The number of hydrogen-bond donors (Lipinski definition) is 1. The zero-order valence-electron chi connectivity index (χ0n) is 13.2. The van der Waals surface area contributed by atoms with Crippen molar-refractivity contribution in [1.29, 1.82) is 0 Å². The molecule has 1 aliphatic heterocycles. The third-order valence-corrected chi connectivity index (χ3v) is 7.13. The van der Waals surface area contributed by atoms with Crippen LogP contribution in [0, 0.1) is 5.82 Å². The molecule has 0 fully saturated rings. The van der Waals surface area contributed by atoms with Crippen molar-refractivity contribution in [3.63, 3.8) is 0 Å². The Morgan fingerprint density at radius 3 is 2.50 bits per heavy atom. The number of benzene rings is 2. The first kappa shape index (κ1) is 16.7. The number of para-hydroxylation sites is 1. The van der Waals surface area contributed by atoms with E-state index in [-0.39, 0.29) is 16.3 Å². The summed E-state index contributed by atoms with van der Waals surface area (Å²) in [6.45, 7) is 0.0236. The summed E-state index contributed by atoms with van der Waals surface area (Å²) in [5.41, 5.74) is 1.77. The number of halogens is 1. The highest BCUT2D eigenvalue weighted by molar-refractivity contribution is 7.92. The second-order valence-corrected chi connectivity index (χ2v) is 8.67. The van der Waals surface area contributed by atoms with Crippen molar-refractivity contribution in [3.05, 3.63) is 70.9 Å². The van der Waals surface area contributed by atoms with E-state index in [1.54, 1.807) is 24.3 Å². The predicted octanol–water partition coefficient (Wildman–Crippen LogP) is 3.96. The fourth-order valence-electron chi connectivity index (χ4n) is 2.95. The molecular weight excluding hydrogens is 377 g/mol. The van der Waals surface area contributed by atoms with Gasteiger partial charge in [0.05, 0.1) is 17.1 Å². The van der Waals surface area contributed by atoms with Crippen LogP contribution < -0.4 is 4.31 Å². The molecule has 0 saturated heterocycles. The van der Waals surface area contributed by atoms with E-state index in [0.29, 0.717) is 16.8 Å². The molecule has 0 unspecified atom stereocenters. The van der Waals surface area contributed by atoms with Gasteiger partial charge in [0.1, 0.15) is 10.7 Å². The molecule has 4 rings (SSSR count). The number of carbonyl (C=O) groups is 1. The monoisotopic (exact) mass is 389 g/mol. The zero-order chi connectivity index (χ0) is 18.5. The van der Waals surface area contributed by atoms with Crippen LogP contribution in [0.25, 0.3) is 10.4 Å². The first-order valence-corrected chi connectivity index (χ1v) is 9.87. The maximum absolute atomic E-state index is 13.2. The van der Waals surface area contributed by atoms with Gasteiger partial charge in [0.25, 0.3) is 10.0 Å². The van der Waals surface area contributed by atoms with Crippen LogP contribution in [0.5, 0.6) is 0 Å². The largest absolute Gasteiger partial charge is 0.477 e. The molecule has 3 aromatic rings. The number of nitrogens with zero attached hydrogens (tertiary/aromatic N) is 1. The van der Waals surface area contributed by atoms with E-state index in [1.807, 2.05) is 0 Å². The highest BCUT2D eigenvalue weighted by atomic mass is 32.2. The number of sulfonamides is 1. The molecule has 8 heteroatoms. The summed E-state index contributed by atoms with van der Waals surface area (Å²) in [6, 6.07) is 13.1. The molecular formula is C18H12FNO4S2. The minimum atomic E-state index is -3.92. The maximum atomic E-state index is 13.2. The van der Waals surface area contributed by atoms with Crippen LogP contribution in [0.4, 0.5) is 10.1 Å². The van der Waals surface area contributed by atoms with Crippen molar-refractivity contribution in [2.75, 3.05) is 4.31 Å². The molecule has 1 N–H and O–H groups in total. The standard InChI is InChI=1S/C18H12FNO4S2/c19-12-5-7-13(8-6-12)26(23,24)20-10-11-9-16(18(21)22)25-17(11)14-3-1-2-4-15(14)20/h1-9H,10H2,(H,21,22). The Bertz CT molecular complexity index is 1120. The van der Waals surface area contributed by atoms with Gasteiger partial charge in [0, 0.05) is 10.4 Å². The molecule has 0 atom stereocenters. The minimum Gasteiger partial charge on any atom is -0.477 e. The van der Waals surface area contributed by atoms with Crippen LogP contribution in [0.3, 0.4) is 0 Å². The second kappa shape index (κ2) is 5.93. The Morgan fingerprint density at radius 2 is 1.81 bits per heavy atom. The van der Waals surface area contributed by atoms with Crippen molar-refractivity contribution < 1.29 is 22.7 Å². The lowest BCUT2D eigenvalue weighted by atomic mass is 10.0. The highest BCUT2D eigenvalue weighted by Gasteiger charge is 2.33. The average Bonchev–Trinajstić information content (AvgIpc) is 3.06. The first-order valence-electron chi connectivity index (χ1n) is 7.61. The Morgan fingerprint density at radius 1 is 1.12 bits per heavy atom. The number of thiophene rings is 1. The highest BCUT2D eigenvalue weighted by Crippen LogP contribution is 2.45. The van der Waals surface area contributed by atoms with Crippen LogP contribution in [-0.2, 0) is 16.6 Å². The third-order valence-electron chi connectivity index (χ3n) is 4.15. The lowest BCUT2D eigenvalue weighted by Crippen LogP contribution is -2.32. The van der Waals surface area contributed by atoms with E-state index in [1.165, 1.54) is 22.5 Å². The second-order valence-electron chi connectivity index (χ2n) is 5.75. The number of rotatable bonds is 3. The van der Waals surface area contributed by atoms with Gasteiger partial charge in [-0.25, -0.2) is 17.6 Å². The number of carboxylic acid groups (broad SMARTS) is 1. The van der Waals surface area contributed by atoms with E-state index < -0.39 is 21.8 Å². The summed E-state index contributed by atoms with van der Waals surface area (Å²) in [5.74, 6) is -1.57. The molecule has 0 aliphatic carbocycles. The molecule has 1 aliphatic rings. The van der Waals surface area contributed by atoms with Gasteiger partial charge < -0.3 is 5.11 Å². The van der Waals surface area contributed by atoms with Gasteiger partial charge in [-0.05, 0) is 42.0 Å². The van der Waals surface area contributed by atoms with Gasteiger partial charge in [0.15, 0.2) is 0 Å². The predicted molar refractivity (Wildman–Crippen MR) is 96.5 cm³/mol. The van der Waals surface area contributed by atoms with E-state index in [2.05, 4.69) is 0 Å². The van der Waals surface area contributed by atoms with E-state index >= 15 is 0 Å². The van der Waals surface area contributed by atoms with Crippen molar-refractivity contribution in [2.45, 2.75) is 11.4 Å². The van der Waals surface area contributed by atoms with E-state index in [0.717, 1.165) is 28.3 Å². The summed E-state index contributed by atoms with van der Waals surface area (Å²) >= 11 is 1.13. The zero-order valence-corrected chi connectivity index (χ0v) is 14.8. The fourth-order valence-corrected chi connectivity index (χ4v) is 5.46. The van der Waals surface area contributed by atoms with Crippen LogP contribution >= 0.6 is 11.3 Å². The van der Waals surface area contributed by atoms with Crippen molar-refractivity contribution in [1.82, 2.24) is 0 Å². The van der Waals surface area contributed by atoms with Crippen molar-refractivity contribution in [3.8, 4) is 10.4 Å². The summed E-state index contributed by atoms with van der Waals surface area (Å²) in [6.07, 6.45) is 0. The Labute approximate surface area is 153 Å². The number of carboxylic acids is 1. The molecule has 2 aromatic carbocycles. The number of hydrogen-bond acceptors (Lipinski definition) is 4. The van der Waals surface area contributed by atoms with Gasteiger partial charge in [-0.1, -0.05) is 18.2 Å². The summed E-state index contributed by atoms with van der Waals surface area (Å²) in [5, 5.41) is 9.25. The van der Waals surface area contributed by atoms with Crippen molar-refractivity contribution in [2.24, 2.45) is 0 Å². The average molecular weight is 389 g/mol. The van der Waals surface area contributed by atoms with Gasteiger partial charge in [0.2, 0.25) is 0 Å². The normalized spacial score (nSPS) is 13.2. The van der Waals surface area contributed by atoms with Gasteiger partial charge in [-0.2, -0.15) is 0 Å². The van der Waals surface area contributed by atoms with Crippen LogP contribution in [0.15, 0.2) is 59.5 Å². The third kappa shape index (κ3) is 2.58. The quantitative estimate of drug-likeness (QED) is 0.736. The fraction of sp³-hybridized carbons (Fsp3) is 0.0556. The van der Waals surface area contributed by atoms with E-state index in [4.69, 9.17) is 0 Å². The number of fused-ring (bicyclic) bond motifs is 3. The molecule has 26 heavy (non-hydrogen) atoms. The summed E-state index contributed by atoms with van der Waals surface area (Å²) in [4.78, 5) is 12.2. The van der Waals surface area contributed by atoms with Gasteiger partial charge in [-0.3, -0.25) is 4.31 Å². The molecule has 0 spiro atoms. The molecule has 5 nitrogen and oxygen atoms in total. The first-order chi connectivity index (χ1) is 12.4. The molecule has 0 radical (unpaired) electrons. The molecule has 0 amide bonds. The molecule has 132 valence electrons. The topological polar surface area (TPSA) is 74.7 Å². The Balaban J connectivity index is 1.88. The van der Waals surface area contributed by atoms with Crippen LogP contribution in [0.1, 0.15) is 15.2 Å². The number of anilines is 1. The molecule has 1 aromatic heterocycles. The van der Waals surface area contributed by atoms with Gasteiger partial charge >= 0.3 is 5.97 Å². The molecule has 0 saturated carbocycles. The SMILES string of the molecule is O=C(O)c1cc2c(s1)-c1ccccc1N(S(=O)(=O)c1ccc(F)cc1)C2. The molecule has 2 heterocycles. The van der Waals surface area contributed by atoms with E-state index in [9.17, 15) is 22.7 Å². The smallest absolute Gasteiger partial charge is 0.345 e. The van der Waals surface area contributed by atoms with Crippen LogP contribution in [0.2, 0.25) is 0 Å². The maximum Gasteiger partial charge on any atom is 0.345 e. The molecule has 0 bridgehead atoms. The Kier molecular flexibility index (Phi) is 3.82. The number of aromatic carboxylic acids is 1. The van der Waals surface area contributed by atoms with Crippen molar-refractivity contribution >= 4 is 33.0 Å². The van der Waals surface area contributed by atoms with Gasteiger partial charge in [-0.15, -0.1) is 11.3 Å². The summed E-state index contributed by atoms with van der Waals surface area (Å²) < 4.78 is 40.6. The summed E-state index contributed by atoms with van der Waals surface area (Å²) in [7, 11) is -3.92. The lowest BCUT2D eigenvalue weighted by molar-refractivity contribution is 0.0702.